The van der Waals surface area contributed by atoms with E-state index in [4.69, 9.17) is 21.1 Å². The Morgan fingerprint density at radius 2 is 1.86 bits per heavy atom. The lowest BCUT2D eigenvalue weighted by Gasteiger charge is -2.12. The highest BCUT2D eigenvalue weighted by Gasteiger charge is 2.17. The molecule has 176 valence electrons. The Balaban J connectivity index is 1.85. The van der Waals surface area contributed by atoms with Crippen LogP contribution in [-0.2, 0) is 4.79 Å². The number of esters is 1. The molecule has 3 rings (SSSR count). The molecule has 10 heteroatoms. The summed E-state index contributed by atoms with van der Waals surface area (Å²) in [7, 11) is 0. The largest absolute Gasteiger partial charge is 0.490 e. The number of hydrogen-bond acceptors (Lipinski definition) is 7. The average molecular weight is 492 g/mol. The van der Waals surface area contributed by atoms with Gasteiger partial charge >= 0.3 is 5.97 Å². The maximum atomic E-state index is 12.6. The molecule has 0 bridgehead atoms. The van der Waals surface area contributed by atoms with Gasteiger partial charge in [0.25, 0.3) is 11.6 Å². The van der Waals surface area contributed by atoms with Crippen LogP contribution < -0.4 is 14.8 Å². The summed E-state index contributed by atoms with van der Waals surface area (Å²) in [5.41, 5.74) is 0.218. The molecule has 3 aromatic rings. The predicted octanol–water partition coefficient (Wildman–Crippen LogP) is 5.41. The molecule has 9 nitrogen and oxygen atoms in total. The van der Waals surface area contributed by atoms with E-state index in [1.165, 1.54) is 30.3 Å². The summed E-state index contributed by atoms with van der Waals surface area (Å²) in [5, 5.41) is 23.0. The van der Waals surface area contributed by atoms with Crippen molar-refractivity contribution in [2.24, 2.45) is 0 Å². The van der Waals surface area contributed by atoms with Gasteiger partial charge in [-0.3, -0.25) is 14.9 Å². The van der Waals surface area contributed by atoms with Crippen molar-refractivity contribution < 1.29 is 24.0 Å². The number of nitro benzene ring substituents is 1. The van der Waals surface area contributed by atoms with Crippen LogP contribution in [0.5, 0.6) is 11.5 Å². The molecule has 0 aliphatic rings. The van der Waals surface area contributed by atoms with Gasteiger partial charge in [0.1, 0.15) is 11.6 Å². The van der Waals surface area contributed by atoms with E-state index in [2.05, 4.69) is 5.32 Å². The van der Waals surface area contributed by atoms with E-state index in [1.54, 1.807) is 49.4 Å². The Hall–Kier alpha value is -4.68. The molecule has 0 aliphatic carbocycles. The molecule has 0 aliphatic heterocycles. The zero-order chi connectivity index (χ0) is 25.4. The fraction of sp³-hybridized carbons (Fsp3) is 0.0800. The smallest absolute Gasteiger partial charge is 0.343 e. The fourth-order valence-electron chi connectivity index (χ4n) is 2.93. The Morgan fingerprint density at radius 3 is 2.51 bits per heavy atom. The minimum atomic E-state index is -0.813. The van der Waals surface area contributed by atoms with Crippen LogP contribution in [0.3, 0.4) is 0 Å². The first-order valence-corrected chi connectivity index (χ1v) is 10.6. The van der Waals surface area contributed by atoms with Crippen molar-refractivity contribution >= 4 is 40.9 Å². The molecule has 0 fully saturated rings. The minimum absolute atomic E-state index is 0.00908. The van der Waals surface area contributed by atoms with Crippen molar-refractivity contribution in [1.82, 2.24) is 0 Å². The molecule has 0 aromatic heterocycles. The summed E-state index contributed by atoms with van der Waals surface area (Å²) < 4.78 is 11.0. The van der Waals surface area contributed by atoms with Crippen LogP contribution in [0.15, 0.2) is 72.3 Å². The number of anilines is 1. The van der Waals surface area contributed by atoms with E-state index in [-0.39, 0.29) is 40.1 Å². The van der Waals surface area contributed by atoms with Crippen molar-refractivity contribution in [3.05, 3.63) is 98.6 Å². The molecule has 0 atom stereocenters. The van der Waals surface area contributed by atoms with Crippen LogP contribution in [-0.4, -0.2) is 23.4 Å². The quantitative estimate of drug-likeness (QED) is 0.111. The molecule has 1 N–H and O–H groups in total. The molecule has 0 saturated heterocycles. The number of benzene rings is 3. The lowest BCUT2D eigenvalue weighted by atomic mass is 10.1. The summed E-state index contributed by atoms with van der Waals surface area (Å²) in [6.45, 7) is 2.03. The first kappa shape index (κ1) is 25.0. The average Bonchev–Trinajstić information content (AvgIpc) is 2.85. The summed E-state index contributed by atoms with van der Waals surface area (Å²) >= 11 is 6.01. The maximum Gasteiger partial charge on any atom is 0.343 e. The van der Waals surface area contributed by atoms with E-state index >= 15 is 0 Å². The number of carbonyl (C=O) groups is 2. The maximum absolute atomic E-state index is 12.6. The van der Waals surface area contributed by atoms with Crippen molar-refractivity contribution in [3.8, 4) is 17.6 Å². The number of nitriles is 1. The van der Waals surface area contributed by atoms with Crippen LogP contribution >= 0.6 is 11.6 Å². The van der Waals surface area contributed by atoms with Crippen LogP contribution in [0.1, 0.15) is 22.8 Å². The molecule has 1 amide bonds. The van der Waals surface area contributed by atoms with Crippen LogP contribution in [0.4, 0.5) is 11.4 Å². The summed E-state index contributed by atoms with van der Waals surface area (Å²) in [5.74, 6) is -0.970. The number of ether oxygens (including phenoxy) is 2. The molecule has 0 saturated carbocycles. The van der Waals surface area contributed by atoms with Crippen molar-refractivity contribution in [2.75, 3.05) is 11.9 Å². The third kappa shape index (κ3) is 6.43. The molecular formula is C25H18ClN3O6. The Labute approximate surface area is 205 Å². The van der Waals surface area contributed by atoms with Crippen LogP contribution in [0.2, 0.25) is 5.02 Å². The number of halogens is 1. The van der Waals surface area contributed by atoms with E-state index < -0.39 is 16.8 Å². The zero-order valence-corrected chi connectivity index (χ0v) is 19.1. The lowest BCUT2D eigenvalue weighted by Crippen LogP contribution is -2.14. The highest BCUT2D eigenvalue weighted by atomic mass is 35.5. The van der Waals surface area contributed by atoms with Gasteiger partial charge in [-0.15, -0.1) is 0 Å². The first-order chi connectivity index (χ1) is 16.8. The normalized spacial score (nSPS) is 10.7. The van der Waals surface area contributed by atoms with Gasteiger partial charge < -0.3 is 14.8 Å². The SMILES string of the molecule is CCOc1cc(/C=C(\C#N)C(=O)Nc2cc([N+](=O)[O-])ccc2Cl)ccc1OC(=O)c1ccccc1. The molecular weight excluding hydrogens is 474 g/mol. The topological polar surface area (TPSA) is 132 Å². The van der Waals surface area contributed by atoms with Gasteiger partial charge in [-0.05, 0) is 48.9 Å². The second-order valence-electron chi connectivity index (χ2n) is 6.94. The predicted molar refractivity (Wildman–Crippen MR) is 129 cm³/mol. The van der Waals surface area contributed by atoms with Gasteiger partial charge in [-0.1, -0.05) is 35.9 Å². The number of nitrogens with zero attached hydrogens (tertiary/aromatic N) is 2. The monoisotopic (exact) mass is 491 g/mol. The van der Waals surface area contributed by atoms with Gasteiger partial charge in [0.05, 0.1) is 27.8 Å². The Kier molecular flexibility index (Phi) is 8.16. The van der Waals surface area contributed by atoms with E-state index in [1.807, 2.05) is 0 Å². The van der Waals surface area contributed by atoms with Gasteiger partial charge in [-0.25, -0.2) is 4.79 Å². The molecule has 0 heterocycles. The number of amides is 1. The van der Waals surface area contributed by atoms with E-state index in [9.17, 15) is 25.0 Å². The fourth-order valence-corrected chi connectivity index (χ4v) is 3.09. The van der Waals surface area contributed by atoms with E-state index in [0.29, 0.717) is 11.1 Å². The summed E-state index contributed by atoms with van der Waals surface area (Å²) in [6.07, 6.45) is 1.30. The standard InChI is InChI=1S/C25H18ClN3O6/c1-2-34-23-13-16(8-11-22(23)35-25(31)17-6-4-3-5-7-17)12-18(15-27)24(30)28-21-14-19(29(32)33)9-10-20(21)26/h3-14H,2H2,1H3,(H,28,30)/b18-12+. The Morgan fingerprint density at radius 1 is 1.11 bits per heavy atom. The van der Waals surface area contributed by atoms with Crippen molar-refractivity contribution in [3.63, 3.8) is 0 Å². The second-order valence-corrected chi connectivity index (χ2v) is 7.35. The van der Waals surface area contributed by atoms with Crippen LogP contribution in [0, 0.1) is 21.4 Å². The number of nitrogens with one attached hydrogen (secondary N) is 1. The van der Waals surface area contributed by atoms with Crippen molar-refractivity contribution in [2.45, 2.75) is 6.92 Å². The highest BCUT2D eigenvalue weighted by Crippen LogP contribution is 2.31. The molecule has 0 radical (unpaired) electrons. The number of rotatable bonds is 8. The van der Waals surface area contributed by atoms with E-state index in [0.717, 1.165) is 6.07 Å². The summed E-state index contributed by atoms with van der Waals surface area (Å²) in [4.78, 5) is 35.4. The lowest BCUT2D eigenvalue weighted by molar-refractivity contribution is -0.384. The van der Waals surface area contributed by atoms with Crippen molar-refractivity contribution in [1.29, 1.82) is 5.26 Å². The third-order valence-corrected chi connectivity index (χ3v) is 4.89. The van der Waals surface area contributed by atoms with Gasteiger partial charge in [0, 0.05) is 12.1 Å². The minimum Gasteiger partial charge on any atom is -0.490 e. The molecule has 3 aromatic carbocycles. The second kappa shape index (κ2) is 11.4. The van der Waals surface area contributed by atoms with Gasteiger partial charge in [-0.2, -0.15) is 5.26 Å². The van der Waals surface area contributed by atoms with Gasteiger partial charge in [0.2, 0.25) is 0 Å². The third-order valence-electron chi connectivity index (χ3n) is 4.56. The van der Waals surface area contributed by atoms with Crippen LogP contribution in [0.25, 0.3) is 6.08 Å². The number of non-ortho nitro benzene ring substituents is 1. The number of hydrogen-bond donors (Lipinski definition) is 1. The highest BCUT2D eigenvalue weighted by molar-refractivity contribution is 6.34. The molecule has 35 heavy (non-hydrogen) atoms. The van der Waals surface area contributed by atoms with Gasteiger partial charge in [0.15, 0.2) is 11.5 Å². The summed E-state index contributed by atoms with van der Waals surface area (Å²) in [6, 6.07) is 18.3. The zero-order valence-electron chi connectivity index (χ0n) is 18.4. The number of nitro groups is 1. The molecule has 0 spiro atoms. The first-order valence-electron chi connectivity index (χ1n) is 10.2. The molecule has 0 unspecified atom stereocenters. The Bertz CT molecular complexity index is 1350. The number of carbonyl (C=O) groups excluding carboxylic acids is 2.